The van der Waals surface area contributed by atoms with Gasteiger partial charge >= 0.3 is 0 Å². The maximum absolute atomic E-state index is 9.19. The van der Waals surface area contributed by atoms with Crippen LogP contribution in [0.4, 0.5) is 0 Å². The van der Waals surface area contributed by atoms with Crippen LogP contribution in [0, 0.1) is 11.3 Å². The molecule has 0 radical (unpaired) electrons. The highest BCUT2D eigenvalue weighted by Crippen LogP contribution is 2.32. The van der Waals surface area contributed by atoms with Gasteiger partial charge in [-0.3, -0.25) is 0 Å². The molecule has 0 bridgehead atoms. The highest BCUT2D eigenvalue weighted by molar-refractivity contribution is 7.09. The molecule has 0 saturated heterocycles. The Morgan fingerprint density at radius 3 is 2.85 bits per heavy atom. The van der Waals surface area contributed by atoms with Crippen LogP contribution in [0.25, 0.3) is 21.7 Å². The molecule has 20 heavy (non-hydrogen) atoms. The van der Waals surface area contributed by atoms with Crippen LogP contribution in [-0.2, 0) is 7.05 Å². The molecule has 0 spiro atoms. The predicted molar refractivity (Wildman–Crippen MR) is 78.4 cm³/mol. The molecule has 0 fully saturated rings. The van der Waals surface area contributed by atoms with Crippen molar-refractivity contribution in [1.29, 1.82) is 5.26 Å². The maximum atomic E-state index is 9.19. The first-order valence-electron chi connectivity index (χ1n) is 6.31. The number of nitrogens with zero attached hydrogens (tertiary/aromatic N) is 5. The van der Waals surface area contributed by atoms with Crippen LogP contribution in [0.2, 0.25) is 0 Å². The number of hydrogen-bond donors (Lipinski definition) is 0. The van der Waals surface area contributed by atoms with Gasteiger partial charge in [0.15, 0.2) is 5.82 Å². The highest BCUT2D eigenvalue weighted by Gasteiger charge is 2.20. The van der Waals surface area contributed by atoms with Gasteiger partial charge in [0.05, 0.1) is 16.8 Å². The van der Waals surface area contributed by atoms with Crippen LogP contribution in [0.15, 0.2) is 18.2 Å². The van der Waals surface area contributed by atoms with Crippen LogP contribution in [-0.4, -0.2) is 19.1 Å². The van der Waals surface area contributed by atoms with E-state index in [9.17, 15) is 5.26 Å². The SMILES string of the molecule is CC(C)c1nnsc1-c1nc2c(C#N)cccc2n1C. The number of hydrogen-bond acceptors (Lipinski definition) is 5. The van der Waals surface area contributed by atoms with Crippen molar-refractivity contribution in [1.82, 2.24) is 19.1 Å². The van der Waals surface area contributed by atoms with Crippen LogP contribution in [0.5, 0.6) is 0 Å². The molecule has 1 aromatic carbocycles. The zero-order valence-electron chi connectivity index (χ0n) is 11.5. The molecule has 6 heteroatoms. The summed E-state index contributed by atoms with van der Waals surface area (Å²) in [6.45, 7) is 4.17. The molecule has 0 N–H and O–H groups in total. The normalized spacial score (nSPS) is 11.2. The number of imidazole rings is 1. The number of benzene rings is 1. The Labute approximate surface area is 120 Å². The van der Waals surface area contributed by atoms with Gasteiger partial charge < -0.3 is 4.57 Å². The smallest absolute Gasteiger partial charge is 0.154 e. The van der Waals surface area contributed by atoms with Gasteiger partial charge in [-0.25, -0.2) is 4.98 Å². The Morgan fingerprint density at radius 1 is 1.35 bits per heavy atom. The largest absolute Gasteiger partial charge is 0.326 e. The molecule has 0 saturated carbocycles. The average Bonchev–Trinajstić information content (AvgIpc) is 3.03. The first kappa shape index (κ1) is 12.8. The van der Waals surface area contributed by atoms with E-state index >= 15 is 0 Å². The lowest BCUT2D eigenvalue weighted by Crippen LogP contribution is -1.96. The summed E-state index contributed by atoms with van der Waals surface area (Å²) >= 11 is 1.35. The van der Waals surface area contributed by atoms with E-state index in [1.165, 1.54) is 11.5 Å². The summed E-state index contributed by atoms with van der Waals surface area (Å²) in [4.78, 5) is 5.61. The third-order valence-corrected chi connectivity index (χ3v) is 4.03. The zero-order chi connectivity index (χ0) is 14.3. The van der Waals surface area contributed by atoms with Gasteiger partial charge in [-0.05, 0) is 29.6 Å². The van der Waals surface area contributed by atoms with E-state index < -0.39 is 0 Å². The van der Waals surface area contributed by atoms with E-state index in [0.717, 1.165) is 27.4 Å². The summed E-state index contributed by atoms with van der Waals surface area (Å²) in [5.74, 6) is 1.11. The van der Waals surface area contributed by atoms with E-state index in [1.807, 2.05) is 23.7 Å². The summed E-state index contributed by atoms with van der Waals surface area (Å²) in [6.07, 6.45) is 0. The summed E-state index contributed by atoms with van der Waals surface area (Å²) in [5.41, 5.74) is 3.22. The topological polar surface area (TPSA) is 67.4 Å². The van der Waals surface area contributed by atoms with Gasteiger partial charge in [-0.2, -0.15) is 5.26 Å². The molecule has 0 aliphatic carbocycles. The van der Waals surface area contributed by atoms with Crippen molar-refractivity contribution in [3.63, 3.8) is 0 Å². The monoisotopic (exact) mass is 283 g/mol. The number of nitriles is 1. The van der Waals surface area contributed by atoms with Gasteiger partial charge in [-0.1, -0.05) is 24.4 Å². The maximum Gasteiger partial charge on any atom is 0.154 e. The second kappa shape index (κ2) is 4.69. The van der Waals surface area contributed by atoms with Crippen molar-refractivity contribution in [2.75, 3.05) is 0 Å². The fourth-order valence-corrected chi connectivity index (χ4v) is 3.08. The highest BCUT2D eigenvalue weighted by atomic mass is 32.1. The van der Waals surface area contributed by atoms with Gasteiger partial charge in [-0.15, -0.1) is 5.10 Å². The summed E-state index contributed by atoms with van der Waals surface area (Å²) < 4.78 is 6.04. The Bertz CT molecular complexity index is 822. The molecule has 0 atom stereocenters. The van der Waals surface area contributed by atoms with Crippen molar-refractivity contribution in [2.24, 2.45) is 7.05 Å². The Balaban J connectivity index is 2.30. The first-order valence-corrected chi connectivity index (χ1v) is 7.09. The Kier molecular flexibility index (Phi) is 2.99. The molecule has 2 aromatic heterocycles. The minimum Gasteiger partial charge on any atom is -0.326 e. The summed E-state index contributed by atoms with van der Waals surface area (Å²) in [7, 11) is 1.95. The fourth-order valence-electron chi connectivity index (χ4n) is 2.24. The quantitative estimate of drug-likeness (QED) is 0.724. The van der Waals surface area contributed by atoms with E-state index in [-0.39, 0.29) is 0 Å². The molecule has 100 valence electrons. The van der Waals surface area contributed by atoms with Crippen LogP contribution >= 0.6 is 11.5 Å². The zero-order valence-corrected chi connectivity index (χ0v) is 12.3. The lowest BCUT2D eigenvalue weighted by molar-refractivity contribution is 0.810. The first-order chi connectivity index (χ1) is 9.63. The second-order valence-corrected chi connectivity index (χ2v) is 5.68. The molecule has 0 unspecified atom stereocenters. The van der Waals surface area contributed by atoms with Gasteiger partial charge in [0.25, 0.3) is 0 Å². The van der Waals surface area contributed by atoms with Gasteiger partial charge in [0, 0.05) is 7.05 Å². The summed E-state index contributed by atoms with van der Waals surface area (Å²) in [6, 6.07) is 7.82. The van der Waals surface area contributed by atoms with Crippen molar-refractivity contribution in [3.8, 4) is 16.8 Å². The van der Waals surface area contributed by atoms with E-state index in [4.69, 9.17) is 0 Å². The standard InChI is InChI=1S/C14H13N5S/c1-8(2)11-13(20-18-17-11)14-16-12-9(7-15)5-4-6-10(12)19(14)3/h4-6,8H,1-3H3. The van der Waals surface area contributed by atoms with Crippen LogP contribution in [0.1, 0.15) is 31.0 Å². The second-order valence-electron chi connectivity index (χ2n) is 4.92. The van der Waals surface area contributed by atoms with Crippen molar-refractivity contribution in [3.05, 3.63) is 29.5 Å². The minimum absolute atomic E-state index is 0.291. The number of aromatic nitrogens is 4. The number of aryl methyl sites for hydroxylation is 1. The number of fused-ring (bicyclic) bond motifs is 1. The van der Waals surface area contributed by atoms with E-state index in [2.05, 4.69) is 34.5 Å². The molecule has 0 aliphatic heterocycles. The molecule has 0 amide bonds. The predicted octanol–water partition coefficient (Wildman–Crippen LogP) is 3.09. The van der Waals surface area contributed by atoms with Crippen molar-refractivity contribution < 1.29 is 0 Å². The molecular formula is C14H13N5S. The molecule has 0 aliphatic rings. The molecule has 5 nitrogen and oxygen atoms in total. The molecular weight excluding hydrogens is 270 g/mol. The molecule has 2 heterocycles. The minimum atomic E-state index is 0.291. The van der Waals surface area contributed by atoms with Crippen molar-refractivity contribution >= 4 is 22.6 Å². The third kappa shape index (κ3) is 1.79. The molecule has 3 rings (SSSR count). The third-order valence-electron chi connectivity index (χ3n) is 3.30. The van der Waals surface area contributed by atoms with Crippen LogP contribution in [0.3, 0.4) is 0 Å². The Hall–Kier alpha value is -2.26. The summed E-state index contributed by atoms with van der Waals surface area (Å²) in [5, 5.41) is 13.4. The lowest BCUT2D eigenvalue weighted by atomic mass is 10.1. The fraction of sp³-hybridized carbons (Fsp3) is 0.286. The van der Waals surface area contributed by atoms with E-state index in [1.54, 1.807) is 6.07 Å². The lowest BCUT2D eigenvalue weighted by Gasteiger charge is -2.04. The van der Waals surface area contributed by atoms with Crippen LogP contribution < -0.4 is 0 Å². The number of rotatable bonds is 2. The van der Waals surface area contributed by atoms with E-state index in [0.29, 0.717) is 11.5 Å². The van der Waals surface area contributed by atoms with Gasteiger partial charge in [0.1, 0.15) is 16.5 Å². The number of para-hydroxylation sites is 1. The van der Waals surface area contributed by atoms with Crippen molar-refractivity contribution in [2.45, 2.75) is 19.8 Å². The Morgan fingerprint density at radius 2 is 2.15 bits per heavy atom. The average molecular weight is 283 g/mol. The van der Waals surface area contributed by atoms with Gasteiger partial charge in [0.2, 0.25) is 0 Å². The molecule has 3 aromatic rings.